The van der Waals surface area contributed by atoms with Gasteiger partial charge in [0, 0.05) is 5.69 Å². The molecule has 106 valence electrons. The molecule has 0 saturated carbocycles. The molecule has 1 aliphatic rings. The number of hydrogen-bond acceptors (Lipinski definition) is 3. The second-order valence-electron chi connectivity index (χ2n) is 5.36. The van der Waals surface area contributed by atoms with Crippen molar-refractivity contribution in [2.75, 3.05) is 7.11 Å². The van der Waals surface area contributed by atoms with Gasteiger partial charge in [-0.25, -0.2) is 4.79 Å². The number of nitriles is 1. The molecule has 0 fully saturated rings. The van der Waals surface area contributed by atoms with Crippen molar-refractivity contribution in [3.05, 3.63) is 58.4 Å². The lowest BCUT2D eigenvalue weighted by Gasteiger charge is -2.10. The van der Waals surface area contributed by atoms with Gasteiger partial charge in [-0.15, -0.1) is 0 Å². The minimum Gasteiger partial charge on any atom is -0.464 e. The van der Waals surface area contributed by atoms with Crippen molar-refractivity contribution in [1.29, 1.82) is 5.26 Å². The Bertz CT molecular complexity index is 725. The quantitative estimate of drug-likeness (QED) is 0.879. The summed E-state index contributed by atoms with van der Waals surface area (Å²) in [4.78, 5) is 14.7. The van der Waals surface area contributed by atoms with Crippen LogP contribution < -0.4 is 0 Å². The molecular weight excluding hydrogens is 264 g/mol. The van der Waals surface area contributed by atoms with Crippen LogP contribution in [0.5, 0.6) is 0 Å². The number of carbonyl (C=O) groups is 1. The average Bonchev–Trinajstić information content (AvgIpc) is 3.09. The van der Waals surface area contributed by atoms with Gasteiger partial charge in [-0.1, -0.05) is 12.1 Å². The second kappa shape index (κ2) is 5.45. The van der Waals surface area contributed by atoms with Crippen molar-refractivity contribution in [2.24, 2.45) is 0 Å². The van der Waals surface area contributed by atoms with E-state index in [0.29, 0.717) is 17.2 Å². The molecule has 3 rings (SSSR count). The first-order chi connectivity index (χ1) is 10.2. The Kier molecular flexibility index (Phi) is 3.49. The summed E-state index contributed by atoms with van der Waals surface area (Å²) in [6.07, 6.45) is 2.91. The molecule has 1 unspecified atom stereocenters. The van der Waals surface area contributed by atoms with Crippen LogP contribution in [0.2, 0.25) is 0 Å². The largest absolute Gasteiger partial charge is 0.464 e. The van der Waals surface area contributed by atoms with Gasteiger partial charge in [-0.2, -0.15) is 5.26 Å². The van der Waals surface area contributed by atoms with Gasteiger partial charge in [-0.3, -0.25) is 0 Å². The first-order valence-electron chi connectivity index (χ1n) is 7.00. The van der Waals surface area contributed by atoms with E-state index in [1.54, 1.807) is 0 Å². The van der Waals surface area contributed by atoms with Crippen LogP contribution in [-0.2, 0) is 17.6 Å². The summed E-state index contributed by atoms with van der Waals surface area (Å²) in [5.41, 5.74) is 4.72. The molecule has 1 heterocycles. The number of benzene rings is 1. The second-order valence-corrected chi connectivity index (χ2v) is 5.36. The number of aryl methyl sites for hydroxylation is 1. The van der Waals surface area contributed by atoms with Gasteiger partial charge in [0.25, 0.3) is 0 Å². The van der Waals surface area contributed by atoms with E-state index < -0.39 is 0 Å². The van der Waals surface area contributed by atoms with Crippen molar-refractivity contribution in [1.82, 2.24) is 4.98 Å². The van der Waals surface area contributed by atoms with Gasteiger partial charge in [0.1, 0.15) is 5.69 Å². The zero-order chi connectivity index (χ0) is 14.8. The Morgan fingerprint density at radius 3 is 3.10 bits per heavy atom. The van der Waals surface area contributed by atoms with Crippen molar-refractivity contribution in [3.8, 4) is 6.07 Å². The van der Waals surface area contributed by atoms with Crippen LogP contribution in [0.15, 0.2) is 30.3 Å². The monoisotopic (exact) mass is 280 g/mol. The molecule has 0 aliphatic heterocycles. The fourth-order valence-corrected chi connectivity index (χ4v) is 3.04. The molecule has 1 N–H and O–H groups in total. The first kappa shape index (κ1) is 13.4. The van der Waals surface area contributed by atoms with Crippen LogP contribution in [0.3, 0.4) is 0 Å². The van der Waals surface area contributed by atoms with Crippen LogP contribution in [-0.4, -0.2) is 18.1 Å². The topological polar surface area (TPSA) is 65.9 Å². The molecular formula is C17H16N2O2. The van der Waals surface area contributed by atoms with E-state index in [9.17, 15) is 4.79 Å². The Hall–Kier alpha value is -2.54. The van der Waals surface area contributed by atoms with Crippen molar-refractivity contribution in [3.63, 3.8) is 0 Å². The Morgan fingerprint density at radius 2 is 2.33 bits per heavy atom. The van der Waals surface area contributed by atoms with Crippen LogP contribution in [0, 0.1) is 11.3 Å². The first-order valence-corrected chi connectivity index (χ1v) is 7.00. The number of H-pyrrole nitrogens is 1. The molecule has 0 radical (unpaired) electrons. The minimum absolute atomic E-state index is 0.324. The van der Waals surface area contributed by atoms with E-state index in [2.05, 4.69) is 11.1 Å². The molecule has 1 atom stereocenters. The third-order valence-corrected chi connectivity index (χ3v) is 4.06. The predicted molar refractivity (Wildman–Crippen MR) is 78.1 cm³/mol. The zero-order valence-corrected chi connectivity index (χ0v) is 11.8. The summed E-state index contributed by atoms with van der Waals surface area (Å²) in [7, 11) is 1.39. The number of ether oxygens (including phenoxy) is 1. The van der Waals surface area contributed by atoms with Crippen molar-refractivity contribution < 1.29 is 9.53 Å². The lowest BCUT2D eigenvalue weighted by Crippen LogP contribution is -2.02. The summed E-state index contributed by atoms with van der Waals surface area (Å²) < 4.78 is 4.75. The predicted octanol–water partition coefficient (Wildman–Crippen LogP) is 2.95. The summed E-state index contributed by atoms with van der Waals surface area (Å²) in [6, 6.07) is 11.8. The lowest BCUT2D eigenvalue weighted by molar-refractivity contribution is 0.0594. The van der Waals surface area contributed by atoms with E-state index >= 15 is 0 Å². The van der Waals surface area contributed by atoms with Gasteiger partial charge in [0.15, 0.2) is 0 Å². The fourth-order valence-electron chi connectivity index (χ4n) is 3.04. The van der Waals surface area contributed by atoms with E-state index in [1.165, 1.54) is 12.7 Å². The molecule has 21 heavy (non-hydrogen) atoms. The molecule has 2 aromatic rings. The van der Waals surface area contributed by atoms with Crippen molar-refractivity contribution >= 4 is 5.97 Å². The van der Waals surface area contributed by atoms with E-state index in [1.807, 2.05) is 30.3 Å². The van der Waals surface area contributed by atoms with Gasteiger partial charge in [-0.05, 0) is 54.5 Å². The molecule has 4 heteroatoms. The standard InChI is InChI=1S/C17H16N2O2/c1-21-17(20)16-9-14-13(5-6-15(14)19-16)8-11-3-2-4-12(7-11)10-18/h2-4,7,9,13,19H,5-6,8H2,1H3. The van der Waals surface area contributed by atoms with Gasteiger partial charge >= 0.3 is 5.97 Å². The number of carbonyl (C=O) groups excluding carboxylic acids is 1. The van der Waals surface area contributed by atoms with Crippen LogP contribution in [0.1, 0.15) is 45.2 Å². The Morgan fingerprint density at radius 1 is 1.48 bits per heavy atom. The normalized spacial score (nSPS) is 16.3. The SMILES string of the molecule is COC(=O)c1cc2c([nH]1)CCC2Cc1cccc(C#N)c1. The summed E-state index contributed by atoms with van der Waals surface area (Å²) in [5, 5.41) is 8.97. The number of aromatic nitrogens is 1. The number of methoxy groups -OCH3 is 1. The number of nitrogens with zero attached hydrogens (tertiary/aromatic N) is 1. The third-order valence-electron chi connectivity index (χ3n) is 4.06. The van der Waals surface area contributed by atoms with Gasteiger partial charge in [0.2, 0.25) is 0 Å². The highest BCUT2D eigenvalue weighted by molar-refractivity contribution is 5.88. The number of fused-ring (bicyclic) bond motifs is 1. The zero-order valence-electron chi connectivity index (χ0n) is 11.8. The van der Waals surface area contributed by atoms with E-state index in [0.717, 1.165) is 30.5 Å². The smallest absolute Gasteiger partial charge is 0.354 e. The molecule has 0 bridgehead atoms. The van der Waals surface area contributed by atoms with Crippen LogP contribution in [0.25, 0.3) is 0 Å². The molecule has 1 aliphatic carbocycles. The molecule has 1 aromatic carbocycles. The van der Waals surface area contributed by atoms with E-state index in [4.69, 9.17) is 10.00 Å². The molecule has 0 spiro atoms. The van der Waals surface area contributed by atoms with Crippen LogP contribution in [0.4, 0.5) is 0 Å². The molecule has 0 saturated heterocycles. The number of esters is 1. The number of aromatic amines is 1. The lowest BCUT2D eigenvalue weighted by atomic mass is 9.94. The average molecular weight is 280 g/mol. The van der Waals surface area contributed by atoms with Gasteiger partial charge in [0.05, 0.1) is 18.7 Å². The number of rotatable bonds is 3. The summed E-state index contributed by atoms with van der Waals surface area (Å²) in [5.74, 6) is 0.0678. The third kappa shape index (κ3) is 2.55. The van der Waals surface area contributed by atoms with Gasteiger partial charge < -0.3 is 9.72 Å². The highest BCUT2D eigenvalue weighted by Gasteiger charge is 2.26. The maximum Gasteiger partial charge on any atom is 0.354 e. The van der Waals surface area contributed by atoms with Crippen molar-refractivity contribution in [2.45, 2.75) is 25.2 Å². The fraction of sp³-hybridized carbons (Fsp3) is 0.294. The molecule has 0 amide bonds. The minimum atomic E-state index is -0.324. The van der Waals surface area contributed by atoms with E-state index in [-0.39, 0.29) is 5.97 Å². The highest BCUT2D eigenvalue weighted by atomic mass is 16.5. The molecule has 4 nitrogen and oxygen atoms in total. The highest BCUT2D eigenvalue weighted by Crippen LogP contribution is 2.36. The summed E-state index contributed by atoms with van der Waals surface area (Å²) in [6.45, 7) is 0. The molecule has 1 aromatic heterocycles. The Labute approximate surface area is 123 Å². The maximum atomic E-state index is 11.6. The Balaban J connectivity index is 1.82. The maximum absolute atomic E-state index is 11.6. The number of hydrogen-bond donors (Lipinski definition) is 1. The summed E-state index contributed by atoms with van der Waals surface area (Å²) >= 11 is 0. The van der Waals surface area contributed by atoms with Crippen LogP contribution >= 0.6 is 0 Å². The number of nitrogens with one attached hydrogen (secondary N) is 1.